The Morgan fingerprint density at radius 2 is 1.69 bits per heavy atom. The number of carbonyl (C=O) groups is 3. The molecule has 146 valence electrons. The fourth-order valence-corrected chi connectivity index (χ4v) is 3.28. The third-order valence-corrected chi connectivity index (χ3v) is 5.22. The molecule has 5 heteroatoms. The molecular weight excluding hydrogens is 332 g/mol. The van der Waals surface area contributed by atoms with Gasteiger partial charge >= 0.3 is 0 Å². The van der Waals surface area contributed by atoms with Crippen LogP contribution in [0, 0.1) is 17.8 Å². The van der Waals surface area contributed by atoms with Crippen molar-refractivity contribution in [3.8, 4) is 0 Å². The van der Waals surface area contributed by atoms with Crippen molar-refractivity contribution < 1.29 is 24.6 Å². The van der Waals surface area contributed by atoms with Crippen molar-refractivity contribution in [3.63, 3.8) is 0 Å². The van der Waals surface area contributed by atoms with Crippen molar-refractivity contribution in [2.45, 2.75) is 72.5 Å². The first-order chi connectivity index (χ1) is 12.0. The summed E-state index contributed by atoms with van der Waals surface area (Å²) in [6, 6.07) is 0. The van der Waals surface area contributed by atoms with E-state index < -0.39 is 46.8 Å². The van der Waals surface area contributed by atoms with Crippen molar-refractivity contribution in [1.29, 1.82) is 0 Å². The molecular formula is C21H32O5. The highest BCUT2D eigenvalue weighted by Crippen LogP contribution is 2.41. The van der Waals surface area contributed by atoms with Gasteiger partial charge in [-0.3, -0.25) is 14.4 Å². The molecule has 0 bridgehead atoms. The molecule has 1 rings (SSSR count). The number of allylic oxidation sites excluding steroid dienone is 3. The standard InChI is InChI=1S/C21H32O5/c1-7-14(6)18(23)17-19(24)15(10-8-12(2)3)21(26,20(17)25)16(22)11-9-13(4)5/h8-9,14-17,22,26H,7,10-11H2,1-6H3/t14?,15-,16-,17?,21+/m0/s1. The van der Waals surface area contributed by atoms with Gasteiger partial charge in [0.15, 0.2) is 23.0 Å². The maximum Gasteiger partial charge on any atom is 0.185 e. The molecule has 0 spiro atoms. The number of ketones is 3. The number of Topliss-reactive ketones (excluding diaryl/α,β-unsaturated/α-hetero) is 3. The van der Waals surface area contributed by atoms with Gasteiger partial charge in [-0.15, -0.1) is 0 Å². The molecule has 0 aromatic carbocycles. The van der Waals surface area contributed by atoms with Gasteiger partial charge in [-0.2, -0.15) is 0 Å². The van der Waals surface area contributed by atoms with E-state index in [1.807, 2.05) is 34.6 Å². The molecule has 0 heterocycles. The Morgan fingerprint density at radius 3 is 2.15 bits per heavy atom. The second-order valence-corrected chi connectivity index (χ2v) is 7.84. The van der Waals surface area contributed by atoms with Gasteiger partial charge in [0.05, 0.1) is 12.0 Å². The molecule has 1 saturated carbocycles. The molecule has 0 radical (unpaired) electrons. The summed E-state index contributed by atoms with van der Waals surface area (Å²) in [4.78, 5) is 38.4. The molecule has 0 aromatic rings. The molecule has 1 fully saturated rings. The summed E-state index contributed by atoms with van der Waals surface area (Å²) in [5.41, 5.74) is -0.372. The topological polar surface area (TPSA) is 91.7 Å². The van der Waals surface area contributed by atoms with Crippen LogP contribution in [-0.2, 0) is 14.4 Å². The second kappa shape index (κ2) is 8.87. The molecule has 2 N–H and O–H groups in total. The zero-order chi connectivity index (χ0) is 20.2. The van der Waals surface area contributed by atoms with E-state index in [0.29, 0.717) is 6.42 Å². The van der Waals surface area contributed by atoms with Crippen LogP contribution in [0.2, 0.25) is 0 Å². The van der Waals surface area contributed by atoms with Crippen LogP contribution in [0.1, 0.15) is 60.8 Å². The Labute approximate surface area is 156 Å². The van der Waals surface area contributed by atoms with Crippen LogP contribution in [0.3, 0.4) is 0 Å². The Hall–Kier alpha value is -1.59. The minimum atomic E-state index is -2.23. The first-order valence-electron chi connectivity index (χ1n) is 9.27. The lowest BCUT2D eigenvalue weighted by molar-refractivity contribution is -0.156. The minimum absolute atomic E-state index is 0.0490. The van der Waals surface area contributed by atoms with E-state index in [1.54, 1.807) is 19.1 Å². The van der Waals surface area contributed by atoms with Crippen molar-refractivity contribution in [1.82, 2.24) is 0 Å². The third kappa shape index (κ3) is 4.38. The largest absolute Gasteiger partial charge is 0.389 e. The SMILES string of the molecule is CCC(C)C(=O)C1C(=O)[C@H](CC=C(C)C)[C@@](O)([C@@H](O)CC=C(C)C)C1=O. The van der Waals surface area contributed by atoms with Crippen LogP contribution < -0.4 is 0 Å². The molecule has 0 amide bonds. The van der Waals surface area contributed by atoms with E-state index in [4.69, 9.17) is 0 Å². The lowest BCUT2D eigenvalue weighted by atomic mass is 9.80. The van der Waals surface area contributed by atoms with Crippen LogP contribution in [0.25, 0.3) is 0 Å². The van der Waals surface area contributed by atoms with Gasteiger partial charge in [0.1, 0.15) is 5.92 Å². The fourth-order valence-electron chi connectivity index (χ4n) is 3.28. The lowest BCUT2D eigenvalue weighted by Gasteiger charge is -2.31. The Kier molecular flexibility index (Phi) is 7.66. The smallest absolute Gasteiger partial charge is 0.185 e. The summed E-state index contributed by atoms with van der Waals surface area (Å²) in [5.74, 6) is -4.93. The maximum absolute atomic E-state index is 12.9. The Morgan fingerprint density at radius 1 is 1.15 bits per heavy atom. The molecule has 5 nitrogen and oxygen atoms in total. The van der Waals surface area contributed by atoms with Gasteiger partial charge in [-0.1, -0.05) is 37.1 Å². The molecule has 5 atom stereocenters. The van der Waals surface area contributed by atoms with Crippen molar-refractivity contribution in [2.24, 2.45) is 17.8 Å². The predicted molar refractivity (Wildman–Crippen MR) is 101 cm³/mol. The van der Waals surface area contributed by atoms with Gasteiger partial charge in [0.25, 0.3) is 0 Å². The summed E-state index contributed by atoms with van der Waals surface area (Å²) in [6.07, 6.45) is 2.71. The van der Waals surface area contributed by atoms with Gasteiger partial charge in [-0.05, 0) is 47.0 Å². The number of aliphatic hydroxyl groups excluding tert-OH is 1. The normalized spacial score (nSPS) is 27.8. The molecule has 1 aliphatic carbocycles. The summed E-state index contributed by atoms with van der Waals surface area (Å²) in [5, 5.41) is 21.7. The third-order valence-electron chi connectivity index (χ3n) is 5.22. The van der Waals surface area contributed by atoms with E-state index in [-0.39, 0.29) is 12.8 Å². The van der Waals surface area contributed by atoms with Crippen LogP contribution in [-0.4, -0.2) is 39.3 Å². The number of hydrogen-bond donors (Lipinski definition) is 2. The zero-order valence-electron chi connectivity index (χ0n) is 16.7. The first kappa shape index (κ1) is 22.5. The molecule has 2 unspecified atom stereocenters. The predicted octanol–water partition coefficient (Wildman–Crippen LogP) is 2.79. The van der Waals surface area contributed by atoms with Gasteiger partial charge in [0.2, 0.25) is 0 Å². The highest BCUT2D eigenvalue weighted by molar-refractivity contribution is 6.28. The number of aliphatic hydroxyl groups is 2. The molecule has 0 saturated heterocycles. The number of hydrogen-bond acceptors (Lipinski definition) is 5. The lowest BCUT2D eigenvalue weighted by Crippen LogP contribution is -2.52. The first-order valence-corrected chi connectivity index (χ1v) is 9.27. The second-order valence-electron chi connectivity index (χ2n) is 7.84. The van der Waals surface area contributed by atoms with E-state index in [1.165, 1.54) is 0 Å². The van der Waals surface area contributed by atoms with Gasteiger partial charge in [-0.25, -0.2) is 0 Å². The molecule has 0 aliphatic heterocycles. The minimum Gasteiger partial charge on any atom is -0.389 e. The fraction of sp³-hybridized carbons (Fsp3) is 0.667. The quantitative estimate of drug-likeness (QED) is 0.510. The molecule has 1 aliphatic rings. The molecule has 26 heavy (non-hydrogen) atoms. The highest BCUT2D eigenvalue weighted by Gasteiger charge is 2.64. The average Bonchev–Trinajstić information content (AvgIpc) is 2.76. The van der Waals surface area contributed by atoms with E-state index in [0.717, 1.165) is 11.1 Å². The van der Waals surface area contributed by atoms with Crippen LogP contribution in [0.4, 0.5) is 0 Å². The van der Waals surface area contributed by atoms with Gasteiger partial charge < -0.3 is 10.2 Å². The summed E-state index contributed by atoms with van der Waals surface area (Å²) < 4.78 is 0. The highest BCUT2D eigenvalue weighted by atomic mass is 16.4. The summed E-state index contributed by atoms with van der Waals surface area (Å²) >= 11 is 0. The Bertz CT molecular complexity index is 622. The van der Waals surface area contributed by atoms with Crippen molar-refractivity contribution in [2.75, 3.05) is 0 Å². The number of rotatable bonds is 8. The number of carbonyl (C=O) groups excluding carboxylic acids is 3. The average molecular weight is 364 g/mol. The van der Waals surface area contributed by atoms with Crippen LogP contribution in [0.5, 0.6) is 0 Å². The van der Waals surface area contributed by atoms with Crippen LogP contribution in [0.15, 0.2) is 23.3 Å². The maximum atomic E-state index is 12.9. The summed E-state index contributed by atoms with van der Waals surface area (Å²) in [6.45, 7) is 10.9. The Balaban J connectivity index is 3.35. The van der Waals surface area contributed by atoms with E-state index in [2.05, 4.69) is 0 Å². The van der Waals surface area contributed by atoms with Crippen LogP contribution >= 0.6 is 0 Å². The van der Waals surface area contributed by atoms with E-state index in [9.17, 15) is 24.6 Å². The van der Waals surface area contributed by atoms with Gasteiger partial charge in [0, 0.05) is 5.92 Å². The molecule has 0 aromatic heterocycles. The van der Waals surface area contributed by atoms with Crippen molar-refractivity contribution in [3.05, 3.63) is 23.3 Å². The summed E-state index contributed by atoms with van der Waals surface area (Å²) in [7, 11) is 0. The van der Waals surface area contributed by atoms with E-state index >= 15 is 0 Å². The zero-order valence-corrected chi connectivity index (χ0v) is 16.7. The monoisotopic (exact) mass is 364 g/mol. The van der Waals surface area contributed by atoms with Crippen molar-refractivity contribution >= 4 is 17.3 Å².